The normalized spacial score (nSPS) is 10.3. The SMILES string of the molecule is COC(=O)c1ccc(C(=O)Sc2cc(Cl)cc(Cl)c2)o1. The van der Waals surface area contributed by atoms with E-state index in [0.717, 1.165) is 11.8 Å². The van der Waals surface area contributed by atoms with Gasteiger partial charge in [-0.3, -0.25) is 4.79 Å². The molecule has 104 valence electrons. The van der Waals surface area contributed by atoms with Crippen LogP contribution in [0.25, 0.3) is 0 Å². The predicted molar refractivity (Wildman–Crippen MR) is 76.7 cm³/mol. The lowest BCUT2D eigenvalue weighted by molar-refractivity contribution is 0.0563. The minimum Gasteiger partial charge on any atom is -0.463 e. The fourth-order valence-corrected chi connectivity index (χ4v) is 2.85. The number of esters is 1. The highest BCUT2D eigenvalue weighted by Crippen LogP contribution is 2.29. The van der Waals surface area contributed by atoms with E-state index in [1.807, 2.05) is 0 Å². The standard InChI is InChI=1S/C13H8Cl2O4S/c1-18-12(16)10-2-3-11(19-10)13(17)20-9-5-7(14)4-8(15)6-9/h2-6H,1H3. The van der Waals surface area contributed by atoms with Gasteiger partial charge in [0.15, 0.2) is 5.76 Å². The minimum atomic E-state index is -0.639. The van der Waals surface area contributed by atoms with Gasteiger partial charge in [-0.05, 0) is 42.1 Å². The Labute approximate surface area is 129 Å². The number of furan rings is 1. The maximum absolute atomic E-state index is 12.0. The summed E-state index contributed by atoms with van der Waals surface area (Å²) in [6.45, 7) is 0. The largest absolute Gasteiger partial charge is 0.463 e. The molecule has 7 heteroatoms. The van der Waals surface area contributed by atoms with Crippen LogP contribution in [0.2, 0.25) is 10.0 Å². The molecule has 0 saturated carbocycles. The average Bonchev–Trinajstić information content (AvgIpc) is 2.86. The van der Waals surface area contributed by atoms with Crippen molar-refractivity contribution < 1.29 is 18.7 Å². The number of methoxy groups -OCH3 is 1. The molecule has 0 aliphatic rings. The van der Waals surface area contributed by atoms with Crippen molar-refractivity contribution in [3.8, 4) is 0 Å². The summed E-state index contributed by atoms with van der Waals surface area (Å²) >= 11 is 12.6. The third kappa shape index (κ3) is 3.56. The van der Waals surface area contributed by atoms with Crippen LogP contribution in [0.3, 0.4) is 0 Å². The highest BCUT2D eigenvalue weighted by molar-refractivity contribution is 8.14. The molecule has 4 nitrogen and oxygen atoms in total. The molecule has 2 aromatic rings. The molecule has 1 aromatic heterocycles. The maximum atomic E-state index is 12.0. The quantitative estimate of drug-likeness (QED) is 0.620. The highest BCUT2D eigenvalue weighted by Gasteiger charge is 2.17. The van der Waals surface area contributed by atoms with Crippen molar-refractivity contribution >= 4 is 46.0 Å². The van der Waals surface area contributed by atoms with Gasteiger partial charge in [-0.15, -0.1) is 0 Å². The summed E-state index contributed by atoms with van der Waals surface area (Å²) in [4.78, 5) is 23.8. The van der Waals surface area contributed by atoms with E-state index < -0.39 is 5.97 Å². The molecule has 0 radical (unpaired) electrons. The Kier molecular flexibility index (Phi) is 4.75. The van der Waals surface area contributed by atoms with Crippen molar-refractivity contribution in [3.05, 3.63) is 51.9 Å². The Morgan fingerprint density at radius 3 is 2.30 bits per heavy atom. The second-order valence-electron chi connectivity index (χ2n) is 3.65. The van der Waals surface area contributed by atoms with Gasteiger partial charge in [0.2, 0.25) is 5.76 Å². The van der Waals surface area contributed by atoms with E-state index in [1.54, 1.807) is 18.2 Å². The van der Waals surface area contributed by atoms with Crippen molar-refractivity contribution in [1.82, 2.24) is 0 Å². The Bertz CT molecular complexity index is 646. The molecular weight excluding hydrogens is 323 g/mol. The van der Waals surface area contributed by atoms with Gasteiger partial charge in [0.05, 0.1) is 7.11 Å². The van der Waals surface area contributed by atoms with Crippen LogP contribution in [-0.4, -0.2) is 18.2 Å². The van der Waals surface area contributed by atoms with Crippen molar-refractivity contribution in [2.75, 3.05) is 7.11 Å². The van der Waals surface area contributed by atoms with Crippen LogP contribution < -0.4 is 0 Å². The first kappa shape index (κ1) is 15.0. The van der Waals surface area contributed by atoms with Crippen LogP contribution >= 0.6 is 35.0 Å². The topological polar surface area (TPSA) is 56.5 Å². The lowest BCUT2D eigenvalue weighted by Gasteiger charge is -2.00. The molecule has 0 aliphatic heterocycles. The van der Waals surface area contributed by atoms with Crippen LogP contribution in [0.1, 0.15) is 21.1 Å². The number of halogens is 2. The number of carbonyl (C=O) groups excluding carboxylic acids is 2. The molecule has 0 spiro atoms. The van der Waals surface area contributed by atoms with Gasteiger partial charge in [-0.2, -0.15) is 0 Å². The summed E-state index contributed by atoms with van der Waals surface area (Å²) in [7, 11) is 1.23. The minimum absolute atomic E-state index is 0.0272. The molecule has 0 bridgehead atoms. The van der Waals surface area contributed by atoms with Crippen molar-refractivity contribution in [2.45, 2.75) is 4.90 Å². The van der Waals surface area contributed by atoms with Crippen LogP contribution in [-0.2, 0) is 4.74 Å². The lowest BCUT2D eigenvalue weighted by Crippen LogP contribution is -1.98. The van der Waals surface area contributed by atoms with E-state index in [-0.39, 0.29) is 16.6 Å². The van der Waals surface area contributed by atoms with E-state index in [4.69, 9.17) is 27.6 Å². The summed E-state index contributed by atoms with van der Waals surface area (Å²) in [6, 6.07) is 7.58. The summed E-state index contributed by atoms with van der Waals surface area (Å²) in [5.41, 5.74) is 0. The highest BCUT2D eigenvalue weighted by atomic mass is 35.5. The van der Waals surface area contributed by atoms with Crippen LogP contribution in [0.4, 0.5) is 0 Å². The molecule has 0 amide bonds. The average molecular weight is 331 g/mol. The molecular formula is C13H8Cl2O4S. The van der Waals surface area contributed by atoms with E-state index in [1.165, 1.54) is 19.2 Å². The van der Waals surface area contributed by atoms with E-state index in [2.05, 4.69) is 4.74 Å². The Hall–Kier alpha value is -1.43. The molecule has 0 unspecified atom stereocenters. The number of hydrogen-bond acceptors (Lipinski definition) is 5. The van der Waals surface area contributed by atoms with Gasteiger partial charge in [0.1, 0.15) is 0 Å². The van der Waals surface area contributed by atoms with E-state index in [9.17, 15) is 9.59 Å². The maximum Gasteiger partial charge on any atom is 0.373 e. The zero-order valence-corrected chi connectivity index (χ0v) is 12.5. The second-order valence-corrected chi connectivity index (χ2v) is 5.57. The van der Waals surface area contributed by atoms with Crippen molar-refractivity contribution in [1.29, 1.82) is 0 Å². The third-order valence-electron chi connectivity index (χ3n) is 2.24. The molecule has 1 aromatic carbocycles. The number of carbonyl (C=O) groups is 2. The number of hydrogen-bond donors (Lipinski definition) is 0. The summed E-state index contributed by atoms with van der Waals surface area (Å²) in [6.07, 6.45) is 0. The van der Waals surface area contributed by atoms with Gasteiger partial charge in [0, 0.05) is 14.9 Å². The number of thioether (sulfide) groups is 1. The Morgan fingerprint density at radius 1 is 1.10 bits per heavy atom. The monoisotopic (exact) mass is 330 g/mol. The van der Waals surface area contributed by atoms with Crippen LogP contribution in [0.15, 0.2) is 39.6 Å². The fourth-order valence-electron chi connectivity index (χ4n) is 1.40. The van der Waals surface area contributed by atoms with Gasteiger partial charge in [0.25, 0.3) is 5.12 Å². The molecule has 2 rings (SSSR count). The zero-order valence-electron chi connectivity index (χ0n) is 10.2. The van der Waals surface area contributed by atoms with Gasteiger partial charge in [-0.1, -0.05) is 23.2 Å². The van der Waals surface area contributed by atoms with Gasteiger partial charge in [-0.25, -0.2) is 4.79 Å². The van der Waals surface area contributed by atoms with Crippen LogP contribution in [0, 0.1) is 0 Å². The molecule has 0 atom stereocenters. The Morgan fingerprint density at radius 2 is 1.70 bits per heavy atom. The number of benzene rings is 1. The van der Waals surface area contributed by atoms with E-state index in [0.29, 0.717) is 14.9 Å². The fraction of sp³-hybridized carbons (Fsp3) is 0.0769. The summed E-state index contributed by atoms with van der Waals surface area (Å²) < 4.78 is 9.61. The van der Waals surface area contributed by atoms with Crippen molar-refractivity contribution in [2.24, 2.45) is 0 Å². The molecule has 0 fully saturated rings. The first-order valence-electron chi connectivity index (χ1n) is 5.36. The van der Waals surface area contributed by atoms with Crippen LogP contribution in [0.5, 0.6) is 0 Å². The van der Waals surface area contributed by atoms with Gasteiger partial charge >= 0.3 is 5.97 Å². The molecule has 0 saturated heterocycles. The summed E-state index contributed by atoms with van der Waals surface area (Å²) in [5.74, 6) is -0.619. The first-order chi connectivity index (χ1) is 9.49. The second kappa shape index (κ2) is 6.35. The molecule has 0 N–H and O–H groups in total. The Balaban J connectivity index is 2.15. The molecule has 20 heavy (non-hydrogen) atoms. The third-order valence-corrected chi connectivity index (χ3v) is 3.53. The van der Waals surface area contributed by atoms with Gasteiger partial charge < -0.3 is 9.15 Å². The summed E-state index contributed by atoms with van der Waals surface area (Å²) in [5, 5.41) is 0.503. The predicted octanol–water partition coefficient (Wildman–Crippen LogP) is 4.31. The zero-order chi connectivity index (χ0) is 14.7. The smallest absolute Gasteiger partial charge is 0.373 e. The number of ether oxygens (including phenoxy) is 1. The number of rotatable bonds is 3. The lowest BCUT2D eigenvalue weighted by atomic mass is 10.4. The van der Waals surface area contributed by atoms with E-state index >= 15 is 0 Å². The van der Waals surface area contributed by atoms with Crippen molar-refractivity contribution in [3.63, 3.8) is 0 Å². The first-order valence-corrected chi connectivity index (χ1v) is 6.93. The molecule has 0 aliphatic carbocycles. The molecule has 1 heterocycles.